The van der Waals surface area contributed by atoms with Crippen molar-refractivity contribution in [2.24, 2.45) is 0 Å². The minimum atomic E-state index is 0.438. The van der Waals surface area contributed by atoms with Gasteiger partial charge in [-0.2, -0.15) is 5.10 Å². The standard InChI is InChI=1S/C15H24N4S/c1-3-7-16-13(10-14-6-5-9-20-14)11-15-17-12-18-19(15)8-4-2/h5-6,9,12-13,16H,3-4,7-8,10-11H2,1-2H3. The van der Waals surface area contributed by atoms with Gasteiger partial charge in [0.05, 0.1) is 0 Å². The minimum Gasteiger partial charge on any atom is -0.313 e. The highest BCUT2D eigenvalue weighted by Crippen LogP contribution is 2.13. The highest BCUT2D eigenvalue weighted by Gasteiger charge is 2.14. The van der Waals surface area contributed by atoms with E-state index in [9.17, 15) is 0 Å². The summed E-state index contributed by atoms with van der Waals surface area (Å²) in [5.74, 6) is 1.09. The van der Waals surface area contributed by atoms with E-state index in [0.29, 0.717) is 6.04 Å². The van der Waals surface area contributed by atoms with Gasteiger partial charge in [-0.05, 0) is 37.3 Å². The molecule has 0 saturated heterocycles. The molecule has 0 bridgehead atoms. The molecule has 2 rings (SSSR count). The Morgan fingerprint density at radius 3 is 2.90 bits per heavy atom. The van der Waals surface area contributed by atoms with E-state index < -0.39 is 0 Å². The summed E-state index contributed by atoms with van der Waals surface area (Å²) in [4.78, 5) is 5.86. The lowest BCUT2D eigenvalue weighted by molar-refractivity contribution is 0.474. The zero-order chi connectivity index (χ0) is 14.2. The van der Waals surface area contributed by atoms with Crippen molar-refractivity contribution in [3.63, 3.8) is 0 Å². The lowest BCUT2D eigenvalue weighted by Crippen LogP contribution is -2.34. The first kappa shape index (κ1) is 15.2. The van der Waals surface area contributed by atoms with E-state index in [4.69, 9.17) is 0 Å². The van der Waals surface area contributed by atoms with E-state index in [-0.39, 0.29) is 0 Å². The van der Waals surface area contributed by atoms with Crippen molar-refractivity contribution in [3.8, 4) is 0 Å². The van der Waals surface area contributed by atoms with Gasteiger partial charge >= 0.3 is 0 Å². The number of hydrogen-bond donors (Lipinski definition) is 1. The van der Waals surface area contributed by atoms with E-state index in [1.807, 2.05) is 16.0 Å². The average molecular weight is 292 g/mol. The van der Waals surface area contributed by atoms with Crippen LogP contribution in [-0.2, 0) is 19.4 Å². The summed E-state index contributed by atoms with van der Waals surface area (Å²) in [5, 5.41) is 10.1. The fourth-order valence-electron chi connectivity index (χ4n) is 2.30. The number of hydrogen-bond acceptors (Lipinski definition) is 4. The Morgan fingerprint density at radius 2 is 2.20 bits per heavy atom. The van der Waals surface area contributed by atoms with E-state index in [1.165, 1.54) is 4.88 Å². The van der Waals surface area contributed by atoms with Crippen molar-refractivity contribution < 1.29 is 0 Å². The molecule has 5 heteroatoms. The summed E-state index contributed by atoms with van der Waals surface area (Å²) in [6.45, 7) is 6.38. The van der Waals surface area contributed by atoms with E-state index >= 15 is 0 Å². The van der Waals surface area contributed by atoms with Gasteiger partial charge < -0.3 is 5.32 Å². The van der Waals surface area contributed by atoms with Crippen LogP contribution in [0.4, 0.5) is 0 Å². The van der Waals surface area contributed by atoms with Gasteiger partial charge in [0, 0.05) is 23.9 Å². The van der Waals surface area contributed by atoms with Crippen LogP contribution in [0.1, 0.15) is 37.4 Å². The number of aromatic nitrogens is 3. The third kappa shape index (κ3) is 4.42. The number of aryl methyl sites for hydroxylation is 1. The van der Waals surface area contributed by atoms with Crippen LogP contribution in [0.2, 0.25) is 0 Å². The van der Waals surface area contributed by atoms with Gasteiger partial charge in [0.2, 0.25) is 0 Å². The van der Waals surface area contributed by atoms with Gasteiger partial charge in [0.1, 0.15) is 12.2 Å². The number of nitrogens with one attached hydrogen (secondary N) is 1. The fraction of sp³-hybridized carbons (Fsp3) is 0.600. The lowest BCUT2D eigenvalue weighted by Gasteiger charge is -2.17. The summed E-state index contributed by atoms with van der Waals surface area (Å²) < 4.78 is 2.04. The second kappa shape index (κ2) is 8.17. The van der Waals surface area contributed by atoms with Gasteiger partial charge in [-0.15, -0.1) is 11.3 Å². The maximum absolute atomic E-state index is 4.43. The van der Waals surface area contributed by atoms with Crippen LogP contribution < -0.4 is 5.32 Å². The van der Waals surface area contributed by atoms with Crippen molar-refractivity contribution >= 4 is 11.3 Å². The zero-order valence-electron chi connectivity index (χ0n) is 12.4. The topological polar surface area (TPSA) is 42.7 Å². The van der Waals surface area contributed by atoms with Crippen molar-refractivity contribution in [1.29, 1.82) is 0 Å². The molecule has 1 N–H and O–H groups in total. The highest BCUT2D eigenvalue weighted by atomic mass is 32.1. The maximum atomic E-state index is 4.43. The number of thiophene rings is 1. The molecule has 0 aromatic carbocycles. The van der Waals surface area contributed by atoms with Crippen LogP contribution in [-0.4, -0.2) is 27.4 Å². The Balaban J connectivity index is 2.00. The normalized spacial score (nSPS) is 12.7. The van der Waals surface area contributed by atoms with Crippen molar-refractivity contribution in [1.82, 2.24) is 20.1 Å². The van der Waals surface area contributed by atoms with Crippen LogP contribution in [0.5, 0.6) is 0 Å². The smallest absolute Gasteiger partial charge is 0.138 e. The first-order valence-corrected chi connectivity index (χ1v) is 8.33. The first-order valence-electron chi connectivity index (χ1n) is 7.46. The molecule has 0 amide bonds. The Morgan fingerprint density at radius 1 is 1.30 bits per heavy atom. The Bertz CT molecular complexity index is 478. The van der Waals surface area contributed by atoms with E-state index in [2.05, 4.69) is 46.8 Å². The fourth-order valence-corrected chi connectivity index (χ4v) is 3.09. The molecule has 0 aliphatic heterocycles. The van der Waals surface area contributed by atoms with Crippen LogP contribution in [0.25, 0.3) is 0 Å². The van der Waals surface area contributed by atoms with Crippen LogP contribution in [0.15, 0.2) is 23.8 Å². The van der Waals surface area contributed by atoms with Gasteiger partial charge in [0.15, 0.2) is 0 Å². The van der Waals surface area contributed by atoms with Crippen LogP contribution >= 0.6 is 11.3 Å². The molecule has 0 aliphatic carbocycles. The molecular formula is C15H24N4S. The first-order chi connectivity index (χ1) is 9.83. The molecule has 0 saturated carbocycles. The second-order valence-corrected chi connectivity index (χ2v) is 6.07. The van der Waals surface area contributed by atoms with Crippen molar-refractivity contribution in [3.05, 3.63) is 34.5 Å². The zero-order valence-corrected chi connectivity index (χ0v) is 13.2. The third-order valence-electron chi connectivity index (χ3n) is 3.27. The monoisotopic (exact) mass is 292 g/mol. The predicted molar refractivity (Wildman–Crippen MR) is 84.1 cm³/mol. The van der Waals surface area contributed by atoms with Crippen molar-refractivity contribution in [2.75, 3.05) is 6.54 Å². The summed E-state index contributed by atoms with van der Waals surface area (Å²) >= 11 is 1.83. The van der Waals surface area contributed by atoms with Crippen LogP contribution in [0.3, 0.4) is 0 Å². The Kier molecular flexibility index (Phi) is 6.21. The molecule has 110 valence electrons. The molecule has 2 heterocycles. The molecule has 20 heavy (non-hydrogen) atoms. The van der Waals surface area contributed by atoms with Crippen LogP contribution in [0, 0.1) is 0 Å². The average Bonchev–Trinajstić information content (AvgIpc) is 3.09. The summed E-state index contributed by atoms with van der Waals surface area (Å²) in [5.41, 5.74) is 0. The highest BCUT2D eigenvalue weighted by molar-refractivity contribution is 7.09. The molecule has 2 aromatic heterocycles. The third-order valence-corrected chi connectivity index (χ3v) is 4.17. The molecule has 2 aromatic rings. The summed E-state index contributed by atoms with van der Waals surface area (Å²) in [7, 11) is 0. The molecule has 0 fully saturated rings. The van der Waals surface area contributed by atoms with Gasteiger partial charge in [0.25, 0.3) is 0 Å². The SMILES string of the molecule is CCCNC(Cc1cccs1)Cc1ncnn1CCC. The molecule has 0 spiro atoms. The molecule has 4 nitrogen and oxygen atoms in total. The molecule has 0 radical (unpaired) electrons. The summed E-state index contributed by atoms with van der Waals surface area (Å²) in [6, 6.07) is 4.77. The Labute approximate surface area is 125 Å². The van der Waals surface area contributed by atoms with E-state index in [0.717, 1.165) is 44.6 Å². The van der Waals surface area contributed by atoms with Gasteiger partial charge in [-0.3, -0.25) is 4.68 Å². The molecular weight excluding hydrogens is 268 g/mol. The number of nitrogens with zero attached hydrogens (tertiary/aromatic N) is 3. The van der Waals surface area contributed by atoms with Gasteiger partial charge in [-0.25, -0.2) is 4.98 Å². The predicted octanol–water partition coefficient (Wildman–Crippen LogP) is 2.90. The lowest BCUT2D eigenvalue weighted by atomic mass is 10.1. The van der Waals surface area contributed by atoms with E-state index in [1.54, 1.807) is 6.33 Å². The maximum Gasteiger partial charge on any atom is 0.138 e. The molecule has 0 aliphatic rings. The Hall–Kier alpha value is -1.20. The molecule has 1 atom stereocenters. The minimum absolute atomic E-state index is 0.438. The van der Waals surface area contributed by atoms with Crippen molar-refractivity contribution in [2.45, 2.75) is 52.1 Å². The largest absolute Gasteiger partial charge is 0.313 e. The quantitative estimate of drug-likeness (QED) is 0.773. The summed E-state index contributed by atoms with van der Waals surface area (Å²) in [6.07, 6.45) is 5.93. The second-order valence-electron chi connectivity index (χ2n) is 5.04. The molecule has 1 unspecified atom stereocenters. The number of rotatable bonds is 9. The van der Waals surface area contributed by atoms with Gasteiger partial charge in [-0.1, -0.05) is 19.9 Å².